The maximum Gasteiger partial charge on any atom is 0.230 e. The third-order valence-corrected chi connectivity index (χ3v) is 4.44. The fourth-order valence-electron chi connectivity index (χ4n) is 1.25. The van der Waals surface area contributed by atoms with Crippen molar-refractivity contribution in [1.29, 1.82) is 0 Å². The normalized spacial score (nSPS) is 12.7. The lowest BCUT2D eigenvalue weighted by Crippen LogP contribution is -2.31. The Morgan fingerprint density at radius 3 is 2.11 bits per heavy atom. The fraction of sp³-hybridized carbons (Fsp3) is 0.222. The third-order valence-electron chi connectivity index (χ3n) is 2.11. The first kappa shape index (κ1) is 14.2. The second-order valence-corrected chi connectivity index (χ2v) is 6.93. The molecule has 0 saturated heterocycles. The Kier molecular flexibility index (Phi) is 3.95. The molecule has 18 heavy (non-hydrogen) atoms. The maximum atomic E-state index is 6.04. The smallest absolute Gasteiger partial charge is 0.194 e. The molecule has 0 saturated carbocycles. The molecule has 0 radical (unpaired) electrons. The van der Waals surface area contributed by atoms with Gasteiger partial charge in [-0.3, -0.25) is 0 Å². The van der Waals surface area contributed by atoms with E-state index in [0.29, 0.717) is 5.69 Å². The molecule has 1 aromatic carbocycles. The van der Waals surface area contributed by atoms with Crippen LogP contribution in [0.3, 0.4) is 0 Å². The van der Waals surface area contributed by atoms with E-state index in [1.54, 1.807) is 24.3 Å². The van der Waals surface area contributed by atoms with Crippen molar-refractivity contribution in [1.82, 2.24) is 20.2 Å². The van der Waals surface area contributed by atoms with Crippen LogP contribution in [0, 0.1) is 0 Å². The summed E-state index contributed by atoms with van der Waals surface area (Å²) in [5, 5.41) is 11.0. The zero-order chi connectivity index (χ0) is 13.4. The standard InChI is InChI=1S/C9H5Cl5N4/c10-8(11,9(12,13)14)7-15-16-17-18(7)6-4-2-1-3-5-6/h1-5H. The zero-order valence-corrected chi connectivity index (χ0v) is 12.3. The van der Waals surface area contributed by atoms with Crippen LogP contribution in [0.15, 0.2) is 30.3 Å². The Hall–Kier alpha value is -0.260. The molecule has 2 rings (SSSR count). The highest BCUT2D eigenvalue weighted by Crippen LogP contribution is 2.52. The zero-order valence-electron chi connectivity index (χ0n) is 8.57. The van der Waals surface area contributed by atoms with Crippen molar-refractivity contribution in [3.05, 3.63) is 36.2 Å². The minimum Gasteiger partial charge on any atom is -0.194 e. The van der Waals surface area contributed by atoms with E-state index in [9.17, 15) is 0 Å². The van der Waals surface area contributed by atoms with Crippen molar-refractivity contribution < 1.29 is 0 Å². The topological polar surface area (TPSA) is 43.6 Å². The first-order valence-electron chi connectivity index (χ1n) is 4.63. The van der Waals surface area contributed by atoms with Gasteiger partial charge in [0.15, 0.2) is 5.82 Å². The lowest BCUT2D eigenvalue weighted by molar-refractivity contribution is 0.715. The van der Waals surface area contributed by atoms with Crippen molar-refractivity contribution in [3.63, 3.8) is 0 Å². The molecule has 0 aliphatic heterocycles. The van der Waals surface area contributed by atoms with Crippen LogP contribution in [0.4, 0.5) is 0 Å². The van der Waals surface area contributed by atoms with Gasteiger partial charge in [-0.25, -0.2) is 0 Å². The van der Waals surface area contributed by atoms with Crippen molar-refractivity contribution >= 4 is 58.0 Å². The number of benzene rings is 1. The molecule has 1 heterocycles. The Morgan fingerprint density at radius 2 is 1.56 bits per heavy atom. The Balaban J connectivity index is 2.53. The molecule has 0 amide bonds. The van der Waals surface area contributed by atoms with Gasteiger partial charge in [-0.05, 0) is 22.6 Å². The van der Waals surface area contributed by atoms with Crippen LogP contribution in [0.1, 0.15) is 5.82 Å². The third kappa shape index (κ3) is 2.53. The summed E-state index contributed by atoms with van der Waals surface area (Å²) in [7, 11) is 0. The molecule has 0 N–H and O–H groups in total. The lowest BCUT2D eigenvalue weighted by Gasteiger charge is -2.25. The number of alkyl halides is 5. The first-order valence-corrected chi connectivity index (χ1v) is 6.52. The molecule has 0 aliphatic carbocycles. The maximum absolute atomic E-state index is 6.04. The minimum absolute atomic E-state index is 0.0250. The van der Waals surface area contributed by atoms with Crippen LogP contribution in [-0.2, 0) is 4.33 Å². The number of para-hydroxylation sites is 1. The quantitative estimate of drug-likeness (QED) is 0.780. The van der Waals surface area contributed by atoms with E-state index in [1.165, 1.54) is 4.68 Å². The van der Waals surface area contributed by atoms with Crippen molar-refractivity contribution in [3.8, 4) is 5.69 Å². The molecule has 96 valence electrons. The number of aromatic nitrogens is 4. The van der Waals surface area contributed by atoms with E-state index in [1.807, 2.05) is 6.07 Å². The van der Waals surface area contributed by atoms with Gasteiger partial charge >= 0.3 is 0 Å². The molecule has 0 spiro atoms. The van der Waals surface area contributed by atoms with Gasteiger partial charge in [0.2, 0.25) is 8.13 Å². The number of hydrogen-bond acceptors (Lipinski definition) is 3. The predicted octanol–water partition coefficient (Wildman–Crippen LogP) is 3.66. The summed E-state index contributed by atoms with van der Waals surface area (Å²) in [5.74, 6) is 0.0250. The van der Waals surface area contributed by atoms with Gasteiger partial charge in [0.1, 0.15) is 0 Å². The predicted molar refractivity (Wildman–Crippen MR) is 72.8 cm³/mol. The molecule has 2 aromatic rings. The highest BCUT2D eigenvalue weighted by Gasteiger charge is 2.51. The highest BCUT2D eigenvalue weighted by molar-refractivity contribution is 6.75. The average Bonchev–Trinajstić information content (AvgIpc) is 2.78. The summed E-state index contributed by atoms with van der Waals surface area (Å²) in [6, 6.07) is 8.99. The molecule has 0 fully saturated rings. The number of nitrogens with zero attached hydrogens (tertiary/aromatic N) is 4. The van der Waals surface area contributed by atoms with Gasteiger partial charge < -0.3 is 0 Å². The molecule has 0 bridgehead atoms. The van der Waals surface area contributed by atoms with Crippen LogP contribution in [0.2, 0.25) is 0 Å². The molecule has 4 nitrogen and oxygen atoms in total. The number of rotatable bonds is 2. The molecular weight excluding hydrogens is 341 g/mol. The number of tetrazole rings is 1. The van der Waals surface area contributed by atoms with E-state index in [0.717, 1.165) is 0 Å². The van der Waals surface area contributed by atoms with Crippen molar-refractivity contribution in [2.45, 2.75) is 8.13 Å². The van der Waals surface area contributed by atoms with Crippen LogP contribution in [0.25, 0.3) is 5.69 Å². The minimum atomic E-state index is -1.97. The van der Waals surface area contributed by atoms with Gasteiger partial charge in [0, 0.05) is 0 Å². The van der Waals surface area contributed by atoms with Gasteiger partial charge in [-0.2, -0.15) is 4.68 Å². The van der Waals surface area contributed by atoms with Crippen LogP contribution in [0.5, 0.6) is 0 Å². The highest BCUT2D eigenvalue weighted by atomic mass is 35.6. The van der Waals surface area contributed by atoms with E-state index in [4.69, 9.17) is 58.0 Å². The molecule has 0 unspecified atom stereocenters. The SMILES string of the molecule is ClC(Cl)(Cl)C(Cl)(Cl)c1nnnn1-c1ccccc1. The second kappa shape index (κ2) is 5.02. The Labute approximate surface area is 128 Å². The number of halogens is 5. The molecule has 1 aromatic heterocycles. The second-order valence-electron chi connectivity index (χ2n) is 3.32. The summed E-state index contributed by atoms with van der Waals surface area (Å²) in [6.07, 6.45) is 0. The number of hydrogen-bond donors (Lipinski definition) is 0. The molecular formula is C9H5Cl5N4. The van der Waals surface area contributed by atoms with Gasteiger partial charge in [0.05, 0.1) is 5.69 Å². The van der Waals surface area contributed by atoms with Crippen molar-refractivity contribution in [2.75, 3.05) is 0 Å². The summed E-state index contributed by atoms with van der Waals surface area (Å²) in [6.45, 7) is 0. The van der Waals surface area contributed by atoms with E-state index in [2.05, 4.69) is 15.5 Å². The van der Waals surface area contributed by atoms with E-state index < -0.39 is 8.13 Å². The summed E-state index contributed by atoms with van der Waals surface area (Å²) >= 11 is 29.3. The average molecular weight is 346 g/mol. The molecule has 9 heteroatoms. The molecule has 0 aliphatic rings. The summed E-state index contributed by atoms with van der Waals surface area (Å²) in [4.78, 5) is 0. The Bertz CT molecular complexity index is 533. The largest absolute Gasteiger partial charge is 0.230 e. The van der Waals surface area contributed by atoms with Gasteiger partial charge in [0.25, 0.3) is 0 Å². The van der Waals surface area contributed by atoms with Crippen molar-refractivity contribution in [2.24, 2.45) is 0 Å². The fourth-order valence-corrected chi connectivity index (χ4v) is 1.74. The Morgan fingerprint density at radius 1 is 0.944 bits per heavy atom. The van der Waals surface area contributed by atoms with Crippen LogP contribution < -0.4 is 0 Å². The summed E-state index contributed by atoms with van der Waals surface area (Å²) in [5.41, 5.74) is 0.650. The van der Waals surface area contributed by atoms with Crippen LogP contribution >= 0.6 is 58.0 Å². The lowest BCUT2D eigenvalue weighted by atomic mass is 10.3. The molecule has 0 atom stereocenters. The monoisotopic (exact) mass is 344 g/mol. The van der Waals surface area contributed by atoms with E-state index >= 15 is 0 Å². The first-order chi connectivity index (χ1) is 8.34. The van der Waals surface area contributed by atoms with Gasteiger partial charge in [-0.15, -0.1) is 5.10 Å². The van der Waals surface area contributed by atoms with Gasteiger partial charge in [-0.1, -0.05) is 76.2 Å². The van der Waals surface area contributed by atoms with Crippen LogP contribution in [-0.4, -0.2) is 24.0 Å². The van der Waals surface area contributed by atoms with E-state index in [-0.39, 0.29) is 5.82 Å². The summed E-state index contributed by atoms with van der Waals surface area (Å²) < 4.78 is -2.55.